The molecular formula is C19H23ClN2O5. The number of ether oxygens (including phenoxy) is 1. The highest BCUT2D eigenvalue weighted by atomic mass is 35.5. The zero-order chi connectivity index (χ0) is 19.8. The molecule has 0 bridgehead atoms. The molecule has 27 heavy (non-hydrogen) atoms. The van der Waals surface area contributed by atoms with Crippen molar-refractivity contribution in [2.24, 2.45) is 11.3 Å². The first-order valence-electron chi connectivity index (χ1n) is 9.03. The summed E-state index contributed by atoms with van der Waals surface area (Å²) in [5, 5.41) is 12.6. The maximum absolute atomic E-state index is 12.7. The first-order chi connectivity index (χ1) is 12.7. The van der Waals surface area contributed by atoms with E-state index in [-0.39, 0.29) is 29.2 Å². The summed E-state index contributed by atoms with van der Waals surface area (Å²) in [5.41, 5.74) is -0.269. The molecule has 0 unspecified atom stereocenters. The lowest BCUT2D eigenvalue weighted by molar-refractivity contribution is -0.149. The van der Waals surface area contributed by atoms with Gasteiger partial charge in [0.15, 0.2) is 0 Å². The fraction of sp³-hybridized carbons (Fsp3) is 0.526. The molecule has 1 aromatic rings. The zero-order valence-electron chi connectivity index (χ0n) is 15.3. The number of carboxylic acid groups (broad SMARTS) is 1. The van der Waals surface area contributed by atoms with Gasteiger partial charge in [-0.1, -0.05) is 18.0 Å². The number of carbonyl (C=O) groups is 3. The van der Waals surface area contributed by atoms with Crippen LogP contribution in [0.15, 0.2) is 18.2 Å². The highest BCUT2D eigenvalue weighted by Gasteiger charge is 2.55. The van der Waals surface area contributed by atoms with E-state index in [1.165, 1.54) is 23.1 Å². The average molecular weight is 395 g/mol. The minimum absolute atomic E-state index is 0.0245. The fourth-order valence-electron chi connectivity index (χ4n) is 4.02. The van der Waals surface area contributed by atoms with Crippen molar-refractivity contribution in [2.75, 3.05) is 18.4 Å². The lowest BCUT2D eigenvalue weighted by atomic mass is 9.81. The van der Waals surface area contributed by atoms with Gasteiger partial charge in [0.1, 0.15) is 0 Å². The van der Waals surface area contributed by atoms with Crippen LogP contribution in [0, 0.1) is 11.3 Å². The van der Waals surface area contributed by atoms with Crippen LogP contribution in [0.1, 0.15) is 43.5 Å². The van der Waals surface area contributed by atoms with Gasteiger partial charge in [0, 0.05) is 13.1 Å². The summed E-state index contributed by atoms with van der Waals surface area (Å²) in [5.74, 6) is -1.36. The van der Waals surface area contributed by atoms with Crippen LogP contribution in [-0.2, 0) is 9.53 Å². The topological polar surface area (TPSA) is 95.9 Å². The van der Waals surface area contributed by atoms with Crippen molar-refractivity contribution in [1.29, 1.82) is 0 Å². The van der Waals surface area contributed by atoms with Crippen LogP contribution in [0.4, 0.5) is 10.5 Å². The Hall–Kier alpha value is -2.28. The van der Waals surface area contributed by atoms with E-state index in [4.69, 9.17) is 16.3 Å². The van der Waals surface area contributed by atoms with E-state index in [2.05, 4.69) is 5.32 Å². The summed E-state index contributed by atoms with van der Waals surface area (Å²) in [6.45, 7) is 4.09. The Labute approximate surface area is 162 Å². The van der Waals surface area contributed by atoms with E-state index in [1.807, 2.05) is 0 Å². The Morgan fingerprint density at radius 1 is 1.37 bits per heavy atom. The SMILES string of the molecule is CC(C)OC(=O)c1ccc(Cl)c(NC(=O)N2C[C@@H]3CCC[C@@]3(C(=O)O)C2)c1. The monoisotopic (exact) mass is 394 g/mol. The van der Waals surface area contributed by atoms with E-state index in [9.17, 15) is 19.5 Å². The van der Waals surface area contributed by atoms with Gasteiger partial charge < -0.3 is 20.1 Å². The second-order valence-electron chi connectivity index (χ2n) is 7.51. The van der Waals surface area contributed by atoms with Crippen LogP contribution in [-0.4, -0.2) is 47.2 Å². The second-order valence-corrected chi connectivity index (χ2v) is 7.92. The number of fused-ring (bicyclic) bond motifs is 1. The predicted molar refractivity (Wildman–Crippen MR) is 100 cm³/mol. The maximum Gasteiger partial charge on any atom is 0.338 e. The van der Waals surface area contributed by atoms with E-state index < -0.39 is 23.4 Å². The fourth-order valence-corrected chi connectivity index (χ4v) is 4.18. The number of likely N-dealkylation sites (tertiary alicyclic amines) is 1. The van der Waals surface area contributed by atoms with Crippen LogP contribution in [0.5, 0.6) is 0 Å². The molecule has 2 fully saturated rings. The largest absolute Gasteiger partial charge is 0.481 e. The molecule has 0 aromatic heterocycles. The van der Waals surface area contributed by atoms with Gasteiger partial charge in [-0.05, 0) is 50.8 Å². The molecule has 2 amide bonds. The third-order valence-electron chi connectivity index (χ3n) is 5.37. The molecule has 2 aliphatic rings. The van der Waals surface area contributed by atoms with Gasteiger partial charge in [-0.2, -0.15) is 0 Å². The minimum atomic E-state index is -0.843. The molecule has 1 aromatic carbocycles. The number of nitrogens with one attached hydrogen (secondary N) is 1. The van der Waals surface area contributed by atoms with Crippen LogP contribution >= 0.6 is 11.6 Å². The number of nitrogens with zero attached hydrogens (tertiary/aromatic N) is 1. The highest BCUT2D eigenvalue weighted by Crippen LogP contribution is 2.49. The Balaban J connectivity index is 1.73. The first kappa shape index (κ1) is 19.5. The number of hydrogen-bond donors (Lipinski definition) is 2. The standard InChI is InChI=1S/C19H23ClN2O5/c1-11(2)27-16(23)12-5-6-14(20)15(8-12)21-18(26)22-9-13-4-3-7-19(13,10-22)17(24)25/h5-6,8,11,13H,3-4,7,9-10H2,1-2H3,(H,21,26)(H,24,25)/t13-,19+/m0/s1. The van der Waals surface area contributed by atoms with E-state index in [1.54, 1.807) is 13.8 Å². The number of halogens is 1. The molecule has 1 heterocycles. The van der Waals surface area contributed by atoms with Gasteiger partial charge in [-0.3, -0.25) is 4.79 Å². The van der Waals surface area contributed by atoms with E-state index in [0.717, 1.165) is 12.8 Å². The Morgan fingerprint density at radius 3 is 2.74 bits per heavy atom. The molecular weight excluding hydrogens is 372 g/mol. The lowest BCUT2D eigenvalue weighted by Crippen LogP contribution is -2.38. The molecule has 0 spiro atoms. The molecule has 1 saturated carbocycles. The van der Waals surface area contributed by atoms with Crippen molar-refractivity contribution >= 4 is 35.3 Å². The molecule has 2 atom stereocenters. The smallest absolute Gasteiger partial charge is 0.338 e. The van der Waals surface area contributed by atoms with Crippen molar-refractivity contribution in [1.82, 2.24) is 4.90 Å². The number of carboxylic acids is 1. The normalized spacial score (nSPS) is 24.0. The van der Waals surface area contributed by atoms with Crippen molar-refractivity contribution in [2.45, 2.75) is 39.2 Å². The van der Waals surface area contributed by atoms with Crippen molar-refractivity contribution < 1.29 is 24.2 Å². The third-order valence-corrected chi connectivity index (χ3v) is 5.70. The summed E-state index contributed by atoms with van der Waals surface area (Å²) in [7, 11) is 0. The van der Waals surface area contributed by atoms with Crippen LogP contribution in [0.2, 0.25) is 5.02 Å². The number of aliphatic carboxylic acids is 1. The van der Waals surface area contributed by atoms with Crippen LogP contribution in [0.3, 0.4) is 0 Å². The summed E-state index contributed by atoms with van der Waals surface area (Å²) in [6.07, 6.45) is 2.02. The van der Waals surface area contributed by atoms with Gasteiger partial charge in [-0.15, -0.1) is 0 Å². The van der Waals surface area contributed by atoms with Crippen LogP contribution < -0.4 is 5.32 Å². The predicted octanol–water partition coefficient (Wildman–Crippen LogP) is 3.62. The molecule has 2 N–H and O–H groups in total. The quantitative estimate of drug-likeness (QED) is 0.760. The number of anilines is 1. The summed E-state index contributed by atoms with van der Waals surface area (Å²) in [4.78, 5) is 38.0. The molecule has 8 heteroatoms. The molecule has 0 radical (unpaired) electrons. The summed E-state index contributed by atoms with van der Waals surface area (Å²) >= 11 is 6.15. The van der Waals surface area contributed by atoms with Crippen molar-refractivity contribution in [3.63, 3.8) is 0 Å². The summed E-state index contributed by atoms with van der Waals surface area (Å²) < 4.78 is 5.16. The summed E-state index contributed by atoms with van der Waals surface area (Å²) in [6, 6.07) is 4.10. The highest BCUT2D eigenvalue weighted by molar-refractivity contribution is 6.33. The number of esters is 1. The van der Waals surface area contributed by atoms with Gasteiger partial charge in [0.05, 0.1) is 27.8 Å². The lowest BCUT2D eigenvalue weighted by Gasteiger charge is -2.23. The number of carbonyl (C=O) groups excluding carboxylic acids is 2. The van der Waals surface area contributed by atoms with Gasteiger partial charge >= 0.3 is 18.0 Å². The van der Waals surface area contributed by atoms with Gasteiger partial charge in [0.25, 0.3) is 0 Å². The number of hydrogen-bond acceptors (Lipinski definition) is 4. The molecule has 1 saturated heterocycles. The van der Waals surface area contributed by atoms with E-state index in [0.29, 0.717) is 18.7 Å². The molecule has 7 nitrogen and oxygen atoms in total. The number of rotatable bonds is 4. The Kier molecular flexibility index (Phi) is 5.33. The van der Waals surface area contributed by atoms with Crippen molar-refractivity contribution in [3.05, 3.63) is 28.8 Å². The van der Waals surface area contributed by atoms with Gasteiger partial charge in [-0.25, -0.2) is 9.59 Å². The third kappa shape index (κ3) is 3.74. The average Bonchev–Trinajstić information content (AvgIpc) is 3.14. The molecule has 3 rings (SSSR count). The van der Waals surface area contributed by atoms with Gasteiger partial charge in [0.2, 0.25) is 0 Å². The molecule has 1 aliphatic heterocycles. The first-order valence-corrected chi connectivity index (χ1v) is 9.40. The molecule has 146 valence electrons. The minimum Gasteiger partial charge on any atom is -0.481 e. The number of benzene rings is 1. The van der Waals surface area contributed by atoms with Crippen molar-refractivity contribution in [3.8, 4) is 0 Å². The second kappa shape index (κ2) is 7.38. The number of amides is 2. The number of urea groups is 1. The van der Waals surface area contributed by atoms with E-state index >= 15 is 0 Å². The zero-order valence-corrected chi connectivity index (χ0v) is 16.1. The maximum atomic E-state index is 12.7. The van der Waals surface area contributed by atoms with Crippen LogP contribution in [0.25, 0.3) is 0 Å². The Bertz CT molecular complexity index is 781. The molecule has 1 aliphatic carbocycles. The Morgan fingerprint density at radius 2 is 2.11 bits per heavy atom.